The smallest absolute Gasteiger partial charge is 0.0822 e. The Hall–Kier alpha value is -3.06. The number of hydrogen-bond acceptors (Lipinski definition) is 3. The molecule has 4 nitrogen and oxygen atoms in total. The predicted octanol–water partition coefficient (Wildman–Crippen LogP) is 6.11. The van der Waals surface area contributed by atoms with Gasteiger partial charge in [-0.15, -0.1) is 0 Å². The first kappa shape index (κ1) is 19.3. The van der Waals surface area contributed by atoms with Gasteiger partial charge >= 0.3 is 0 Å². The molecule has 0 spiro atoms. The van der Waals surface area contributed by atoms with Gasteiger partial charge in [0, 0.05) is 29.7 Å². The fraction of sp³-hybridized carbons (Fsp3) is 0.360. The first-order valence-corrected chi connectivity index (χ1v) is 10.3. The number of nitrogens with zero attached hydrogens (tertiary/aromatic N) is 3. The highest BCUT2D eigenvalue weighted by atomic mass is 15.1. The Morgan fingerprint density at radius 2 is 1.72 bits per heavy atom. The number of benzene rings is 2. The lowest BCUT2D eigenvalue weighted by molar-refractivity contribution is 0.573. The lowest BCUT2D eigenvalue weighted by Gasteiger charge is -2.25. The predicted molar refractivity (Wildman–Crippen MR) is 118 cm³/mol. The van der Waals surface area contributed by atoms with Gasteiger partial charge in [-0.2, -0.15) is 10.4 Å². The van der Waals surface area contributed by atoms with Crippen molar-refractivity contribution in [2.45, 2.75) is 51.9 Å². The van der Waals surface area contributed by atoms with Crippen LogP contribution in [0.5, 0.6) is 0 Å². The number of aryl methyl sites for hydroxylation is 3. The number of nitrogens with one attached hydrogen (secondary N) is 1. The summed E-state index contributed by atoms with van der Waals surface area (Å²) in [5.41, 5.74) is 8.84. The highest BCUT2D eigenvalue weighted by molar-refractivity contribution is 5.76. The van der Waals surface area contributed by atoms with Gasteiger partial charge < -0.3 is 4.90 Å². The van der Waals surface area contributed by atoms with Crippen LogP contribution in [0.3, 0.4) is 0 Å². The maximum absolute atomic E-state index is 9.76. The van der Waals surface area contributed by atoms with Crippen molar-refractivity contribution in [1.29, 1.82) is 5.26 Å². The molecule has 2 aromatic carbocycles. The second-order valence-corrected chi connectivity index (χ2v) is 8.32. The molecule has 4 heteroatoms. The Balaban J connectivity index is 1.67. The van der Waals surface area contributed by atoms with E-state index in [2.05, 4.69) is 84.5 Å². The molecule has 29 heavy (non-hydrogen) atoms. The van der Waals surface area contributed by atoms with Gasteiger partial charge in [0.15, 0.2) is 0 Å². The van der Waals surface area contributed by atoms with Crippen molar-refractivity contribution in [3.63, 3.8) is 0 Å². The van der Waals surface area contributed by atoms with E-state index in [0.29, 0.717) is 0 Å². The summed E-state index contributed by atoms with van der Waals surface area (Å²) in [6.45, 7) is 6.24. The second-order valence-electron chi connectivity index (χ2n) is 8.32. The summed E-state index contributed by atoms with van der Waals surface area (Å²) < 4.78 is 0. The fourth-order valence-corrected chi connectivity index (χ4v) is 4.69. The Kier molecular flexibility index (Phi) is 4.92. The zero-order chi connectivity index (χ0) is 20.6. The van der Waals surface area contributed by atoms with Crippen LogP contribution < -0.4 is 4.90 Å². The molecule has 3 aromatic rings. The number of H-pyrrole nitrogens is 1. The van der Waals surface area contributed by atoms with E-state index in [9.17, 15) is 5.26 Å². The lowest BCUT2D eigenvalue weighted by atomic mass is 9.80. The first-order chi connectivity index (χ1) is 13.9. The maximum atomic E-state index is 9.76. The minimum atomic E-state index is -0.288. The molecule has 0 atom stereocenters. The Morgan fingerprint density at radius 1 is 1.03 bits per heavy atom. The fourth-order valence-electron chi connectivity index (χ4n) is 4.69. The summed E-state index contributed by atoms with van der Waals surface area (Å²) in [6, 6.07) is 17.7. The quantitative estimate of drug-likeness (QED) is 0.591. The minimum Gasteiger partial charge on any atom is -0.344 e. The third kappa shape index (κ3) is 3.31. The number of rotatable bonds is 4. The van der Waals surface area contributed by atoms with E-state index in [4.69, 9.17) is 0 Å². The molecular weight excluding hydrogens is 356 g/mol. The zero-order valence-electron chi connectivity index (χ0n) is 17.7. The van der Waals surface area contributed by atoms with E-state index in [1.807, 2.05) is 6.92 Å². The van der Waals surface area contributed by atoms with E-state index in [1.165, 1.54) is 22.4 Å². The molecule has 1 aliphatic carbocycles. The molecule has 0 radical (unpaired) electrons. The normalized spacial score (nSPS) is 15.3. The van der Waals surface area contributed by atoms with Crippen molar-refractivity contribution in [3.05, 3.63) is 65.0 Å². The summed E-state index contributed by atoms with van der Waals surface area (Å²) >= 11 is 0. The average molecular weight is 385 g/mol. The molecule has 0 unspecified atom stereocenters. The monoisotopic (exact) mass is 384 g/mol. The van der Waals surface area contributed by atoms with Crippen molar-refractivity contribution in [1.82, 2.24) is 10.2 Å². The van der Waals surface area contributed by atoms with Crippen LogP contribution in [-0.2, 0) is 5.41 Å². The van der Waals surface area contributed by atoms with E-state index in [-0.39, 0.29) is 5.41 Å². The van der Waals surface area contributed by atoms with Gasteiger partial charge in [-0.05, 0) is 68.5 Å². The summed E-state index contributed by atoms with van der Waals surface area (Å²) in [6.07, 6.45) is 4.24. The molecule has 1 fully saturated rings. The highest BCUT2D eigenvalue weighted by Gasteiger charge is 2.35. The third-order valence-corrected chi connectivity index (χ3v) is 6.47. The molecule has 0 aliphatic heterocycles. The number of anilines is 2. The SMILES string of the molecule is Cc1ccc(-c2c(C)n[nH]c2C)cc1N(C)c1ccc(C2(C#N)CCCC2)cc1. The van der Waals surface area contributed by atoms with Crippen molar-refractivity contribution < 1.29 is 0 Å². The first-order valence-electron chi connectivity index (χ1n) is 10.3. The van der Waals surface area contributed by atoms with Crippen LogP contribution in [0.25, 0.3) is 11.1 Å². The van der Waals surface area contributed by atoms with E-state index >= 15 is 0 Å². The van der Waals surface area contributed by atoms with Crippen molar-refractivity contribution in [3.8, 4) is 17.2 Å². The molecule has 1 aromatic heterocycles. The standard InChI is InChI=1S/C25H28N4/c1-17-7-8-20(24-18(2)27-28-19(24)3)15-23(17)29(4)22-11-9-21(10-12-22)25(16-26)13-5-6-14-25/h7-12,15H,5-6,13-14H2,1-4H3,(H,27,28). The van der Waals surface area contributed by atoms with Crippen molar-refractivity contribution in [2.75, 3.05) is 11.9 Å². The zero-order valence-corrected chi connectivity index (χ0v) is 17.7. The Morgan fingerprint density at radius 3 is 2.31 bits per heavy atom. The maximum Gasteiger partial charge on any atom is 0.0822 e. The average Bonchev–Trinajstić information content (AvgIpc) is 3.36. The number of aromatic amines is 1. The molecular formula is C25H28N4. The number of hydrogen-bond donors (Lipinski definition) is 1. The molecule has 148 valence electrons. The van der Waals surface area contributed by atoms with Gasteiger partial charge in [0.25, 0.3) is 0 Å². The summed E-state index contributed by atoms with van der Waals surface area (Å²) in [4.78, 5) is 2.22. The molecule has 0 saturated heterocycles. The van der Waals surface area contributed by atoms with Crippen LogP contribution in [0, 0.1) is 32.1 Å². The summed E-state index contributed by atoms with van der Waals surface area (Å²) in [5, 5.41) is 17.2. The van der Waals surface area contributed by atoms with Crippen LogP contribution in [0.4, 0.5) is 11.4 Å². The molecule has 0 bridgehead atoms. The Labute approximate surface area is 173 Å². The molecule has 1 heterocycles. The van der Waals surface area contributed by atoms with Crippen LogP contribution in [-0.4, -0.2) is 17.2 Å². The third-order valence-electron chi connectivity index (χ3n) is 6.47. The van der Waals surface area contributed by atoms with E-state index < -0.39 is 0 Å². The van der Waals surface area contributed by atoms with Gasteiger partial charge in [0.1, 0.15) is 0 Å². The highest BCUT2D eigenvalue weighted by Crippen LogP contribution is 2.41. The van der Waals surface area contributed by atoms with Crippen molar-refractivity contribution >= 4 is 11.4 Å². The topological polar surface area (TPSA) is 55.7 Å². The summed E-state index contributed by atoms with van der Waals surface area (Å²) in [5.74, 6) is 0. The van der Waals surface area contributed by atoms with Gasteiger partial charge in [-0.1, -0.05) is 37.1 Å². The van der Waals surface area contributed by atoms with Gasteiger partial charge in [0.05, 0.1) is 17.2 Å². The molecule has 4 rings (SSSR count). The molecule has 1 aliphatic rings. The Bertz CT molecular complexity index is 1040. The second kappa shape index (κ2) is 7.40. The number of aromatic nitrogens is 2. The molecule has 1 N–H and O–H groups in total. The summed E-state index contributed by atoms with van der Waals surface area (Å²) in [7, 11) is 2.10. The molecule has 0 amide bonds. The van der Waals surface area contributed by atoms with Crippen LogP contribution in [0.1, 0.15) is 48.2 Å². The van der Waals surface area contributed by atoms with Crippen LogP contribution >= 0.6 is 0 Å². The van der Waals surface area contributed by atoms with Crippen LogP contribution in [0.15, 0.2) is 42.5 Å². The van der Waals surface area contributed by atoms with Gasteiger partial charge in [0.2, 0.25) is 0 Å². The lowest BCUT2D eigenvalue weighted by Crippen LogP contribution is -2.19. The van der Waals surface area contributed by atoms with Crippen molar-refractivity contribution in [2.24, 2.45) is 0 Å². The minimum absolute atomic E-state index is 0.288. The van der Waals surface area contributed by atoms with E-state index in [1.54, 1.807) is 0 Å². The number of nitriles is 1. The van der Waals surface area contributed by atoms with E-state index in [0.717, 1.165) is 48.3 Å². The van der Waals surface area contributed by atoms with Gasteiger partial charge in [-0.3, -0.25) is 5.10 Å². The van der Waals surface area contributed by atoms with Gasteiger partial charge in [-0.25, -0.2) is 0 Å². The van der Waals surface area contributed by atoms with Crippen LogP contribution in [0.2, 0.25) is 0 Å². The largest absolute Gasteiger partial charge is 0.344 e. The molecule has 1 saturated carbocycles.